The van der Waals surface area contributed by atoms with E-state index in [-0.39, 0.29) is 141 Å². The summed E-state index contributed by atoms with van der Waals surface area (Å²) < 4.78 is 48.5. The SMILES string of the molecule is CC(C)(C)CC(C)(C)c1ccc(Oc2cc3c(cc2Oc2ccc(C(C)(C)CC(C)(C)C)cc2)-c2nc-3nc3[n-]c(nc4nc(nc5[n-]c(n2)c2cc6c(cc52)C(=O)OC6=O)-c2cc(Oc5ccc(C(C)(C)CC(C)(C)C)cc5)c(Oc5ccc(C(C)(C)CC(C)(C)C)cc5)cc2-4)c2cc(Oc4ccc(C(C)(C)CC(C)(C)C)cc4)c(Oc4ccc(C(C)(C)CC(C)(C)C)cc4)cc32)cc1.[Zn+2]. The molecule has 18 heteroatoms. The number of ether oxygens (including phenoxy) is 7. The molecule has 3 aliphatic rings. The van der Waals surface area contributed by atoms with Crippen LogP contribution in [0.25, 0.3) is 89.7 Å². The maximum Gasteiger partial charge on any atom is 2.00 e. The molecular weight excluding hydrogens is 1740 g/mol. The number of benzene rings is 10. The van der Waals surface area contributed by atoms with Crippen molar-refractivity contribution in [2.75, 3.05) is 0 Å². The Labute approximate surface area is 817 Å². The number of carbonyl (C=O) groups is 2. The van der Waals surface area contributed by atoms with Crippen molar-refractivity contribution in [3.05, 3.63) is 239 Å². The van der Waals surface area contributed by atoms with Crippen LogP contribution >= 0.6 is 0 Å². The van der Waals surface area contributed by atoms with E-state index in [1.54, 1.807) is 12.1 Å². The van der Waals surface area contributed by atoms with E-state index in [4.69, 9.17) is 73.0 Å². The fourth-order valence-electron chi connectivity index (χ4n) is 21.9. The summed E-state index contributed by atoms with van der Waals surface area (Å²) in [5.74, 6) is 4.52. The van der Waals surface area contributed by atoms with Crippen LogP contribution in [0.2, 0.25) is 0 Å². The number of hydrogen-bond acceptors (Lipinski definition) is 15. The van der Waals surface area contributed by atoms with Gasteiger partial charge < -0.3 is 63.1 Å². The molecule has 0 atom stereocenters. The van der Waals surface area contributed by atoms with Crippen molar-refractivity contribution in [2.45, 2.75) is 279 Å². The largest absolute Gasteiger partial charge is 2.00 e. The monoisotopic (exact) mass is 1870 g/mol. The van der Waals surface area contributed by atoms with Gasteiger partial charge in [0.2, 0.25) is 0 Å². The van der Waals surface area contributed by atoms with E-state index in [1.165, 1.54) is 22.3 Å². The summed E-state index contributed by atoms with van der Waals surface area (Å²) in [4.78, 5) is 71.9. The van der Waals surface area contributed by atoms with Crippen LogP contribution in [0.4, 0.5) is 0 Å². The second-order valence-electron chi connectivity index (χ2n) is 49.1. The summed E-state index contributed by atoms with van der Waals surface area (Å²) in [5, 5.41) is 1.76. The van der Waals surface area contributed by atoms with E-state index in [9.17, 15) is 9.59 Å². The molecule has 17 nitrogen and oxygen atoms in total. The Bertz CT molecular complexity index is 6530. The number of nitrogens with zero attached hydrogens (tertiary/aromatic N) is 8. The third-order valence-electron chi connectivity index (χ3n) is 25.7. The smallest absolute Gasteiger partial charge is 0.453 e. The summed E-state index contributed by atoms with van der Waals surface area (Å²) >= 11 is 0. The molecular formula is C118H134N8O9Zn. The summed E-state index contributed by atoms with van der Waals surface area (Å²) in [6.07, 6.45) is 5.69. The van der Waals surface area contributed by atoms with Gasteiger partial charge in [0.1, 0.15) is 34.5 Å². The zero-order valence-corrected chi connectivity index (χ0v) is 88.6. The number of hydrogen-bond donors (Lipinski definition) is 0. The number of cyclic esters (lactones) is 2. The molecule has 0 amide bonds. The van der Waals surface area contributed by atoms with Gasteiger partial charge in [-0.3, -0.25) is 0 Å². The van der Waals surface area contributed by atoms with Gasteiger partial charge in [-0.15, -0.1) is 0 Å². The zero-order chi connectivity index (χ0) is 97.4. The van der Waals surface area contributed by atoms with E-state index in [1.807, 2.05) is 109 Å². The van der Waals surface area contributed by atoms with Crippen LogP contribution in [0.15, 0.2) is 194 Å². The maximum atomic E-state index is 13.9. The Morgan fingerprint density at radius 1 is 0.221 bits per heavy atom. The summed E-state index contributed by atoms with van der Waals surface area (Å²) in [5.41, 5.74) is 9.08. The van der Waals surface area contributed by atoms with Crippen molar-refractivity contribution in [1.82, 2.24) is 39.9 Å². The molecule has 136 heavy (non-hydrogen) atoms. The molecule has 0 saturated carbocycles. The van der Waals surface area contributed by atoms with Crippen LogP contribution in [0.5, 0.6) is 69.0 Å². The van der Waals surface area contributed by atoms with Gasteiger partial charge in [0.05, 0.1) is 34.4 Å². The molecule has 3 aliphatic heterocycles. The molecule has 0 aliphatic carbocycles. The molecule has 3 aromatic heterocycles. The van der Waals surface area contributed by atoms with Crippen LogP contribution in [-0.4, -0.2) is 41.8 Å². The Balaban J connectivity index is 0.0000141. The zero-order valence-electron chi connectivity index (χ0n) is 85.7. The van der Waals surface area contributed by atoms with Gasteiger partial charge in [-0.25, -0.2) is 19.6 Å². The van der Waals surface area contributed by atoms with Crippen LogP contribution in [0, 0.1) is 32.5 Å². The van der Waals surface area contributed by atoms with Crippen molar-refractivity contribution < 1.29 is 62.2 Å². The molecule has 0 spiro atoms. The first-order chi connectivity index (χ1) is 62.7. The van der Waals surface area contributed by atoms with E-state index < -0.39 is 11.9 Å². The van der Waals surface area contributed by atoms with Crippen LogP contribution in [-0.2, 0) is 56.7 Å². The predicted octanol–water partition coefficient (Wildman–Crippen LogP) is 32.5. The Kier molecular flexibility index (Phi) is 25.8. The topological polar surface area (TPSA) is 204 Å². The second-order valence-corrected chi connectivity index (χ2v) is 49.1. The summed E-state index contributed by atoms with van der Waals surface area (Å²) in [7, 11) is 0. The molecule has 13 aromatic rings. The van der Waals surface area contributed by atoms with Gasteiger partial charge in [0.25, 0.3) is 0 Å². The van der Waals surface area contributed by atoms with E-state index >= 15 is 0 Å². The molecule has 16 rings (SSSR count). The standard InChI is InChI=1S/C118H136N8O9.Zn/c1-107(2,3)63-113(19,20)69-31-43-75(44-32-69)129-91-57-83-85(59-93(91)131-77-47-35-71(36-48-77)115(23,24)65-109(7,8)9)101-122-99(83)120-97-81-55-89-90(106(128)135-105(89)127)56-82(81)98(119-97)121-100-84-58-92(130-76-45-33-70(34-46-76)114(21,22)64-108(4,5)6)94(132-78-49-37-72(38-50-78)116(25,26)66-110(10,11)12)60-86(84)102(123-100)125-104-88-62-96(134-80-53-41-74(42-54-80)118(29,30)68-112(16,17)18)95(61-87(88)103(124-101)126-104)133-79-51-39-73(40-52-79)117(27,28)67-111(13,14)15;/h31-62H,63-68H2,1-30H3,(H2,119,120,121,122,123,124,125,126,127,128);/q;+2/p-2. The van der Waals surface area contributed by atoms with Gasteiger partial charge in [-0.05, 0) is 280 Å². The van der Waals surface area contributed by atoms with Crippen LogP contribution < -0.4 is 38.4 Å². The quantitative estimate of drug-likeness (QED) is 0.0313. The fourth-order valence-corrected chi connectivity index (χ4v) is 21.9. The number of carbonyl (C=O) groups excluding carboxylic acids is 2. The number of fused-ring (bicyclic) bond motifs is 21. The minimum absolute atomic E-state index is 0. The fraction of sp³-hybridized carbons (Fsp3) is 0.407. The number of esters is 2. The van der Waals surface area contributed by atoms with Crippen molar-refractivity contribution >= 4 is 56.1 Å². The molecule has 0 N–H and O–H groups in total. The van der Waals surface area contributed by atoms with Crippen molar-refractivity contribution in [3.63, 3.8) is 0 Å². The maximum absolute atomic E-state index is 13.9. The molecule has 8 bridgehead atoms. The van der Waals surface area contributed by atoms with Crippen LogP contribution in [0.1, 0.15) is 300 Å². The molecule has 10 aromatic carbocycles. The third kappa shape index (κ3) is 22.2. The number of rotatable bonds is 24. The van der Waals surface area contributed by atoms with Gasteiger partial charge in [0.15, 0.2) is 34.5 Å². The Morgan fingerprint density at radius 2 is 0.382 bits per heavy atom. The van der Waals surface area contributed by atoms with Gasteiger partial charge in [-0.1, -0.05) is 281 Å². The van der Waals surface area contributed by atoms with E-state index in [2.05, 4.69) is 281 Å². The summed E-state index contributed by atoms with van der Waals surface area (Å²) in [6, 6.07) is 64.2. The first kappa shape index (κ1) is 98.6. The van der Waals surface area contributed by atoms with E-state index in [0.717, 1.165) is 49.7 Å². The van der Waals surface area contributed by atoms with Crippen molar-refractivity contribution in [1.29, 1.82) is 0 Å². The van der Waals surface area contributed by atoms with Gasteiger partial charge in [0, 0.05) is 44.8 Å². The first-order valence-electron chi connectivity index (χ1n) is 47.6. The van der Waals surface area contributed by atoms with Crippen molar-refractivity contribution in [3.8, 4) is 115 Å². The van der Waals surface area contributed by atoms with Gasteiger partial charge >= 0.3 is 31.4 Å². The second kappa shape index (κ2) is 35.6. The molecule has 0 unspecified atom stereocenters. The Morgan fingerprint density at radius 3 is 0.551 bits per heavy atom. The Hall–Kier alpha value is -11.9. The number of aromatic nitrogens is 8. The van der Waals surface area contributed by atoms with Crippen molar-refractivity contribution in [2.24, 2.45) is 32.5 Å². The molecule has 0 saturated heterocycles. The van der Waals surface area contributed by atoms with Crippen LogP contribution in [0.3, 0.4) is 0 Å². The molecule has 6 heterocycles. The third-order valence-corrected chi connectivity index (χ3v) is 25.7. The average molecular weight is 1870 g/mol. The molecule has 0 radical (unpaired) electrons. The minimum atomic E-state index is -0.814. The predicted molar refractivity (Wildman–Crippen MR) is 545 cm³/mol. The summed E-state index contributed by atoms with van der Waals surface area (Å²) in [6.45, 7) is 68.2. The minimum Gasteiger partial charge on any atom is -0.453 e. The molecule has 0 fully saturated rings. The normalized spacial score (nSPS) is 13.6. The molecule has 702 valence electrons. The van der Waals surface area contributed by atoms with E-state index in [0.29, 0.717) is 113 Å². The first-order valence-corrected chi connectivity index (χ1v) is 47.6. The average Bonchev–Trinajstić information content (AvgIpc) is 1.58. The van der Waals surface area contributed by atoms with Gasteiger partial charge in [-0.2, -0.15) is 0 Å².